The Labute approximate surface area is 205 Å². The summed E-state index contributed by atoms with van der Waals surface area (Å²) in [4.78, 5) is 15.8. The first kappa shape index (κ1) is 22.5. The van der Waals surface area contributed by atoms with Crippen molar-refractivity contribution in [2.45, 2.75) is 43.7 Å². The summed E-state index contributed by atoms with van der Waals surface area (Å²) < 4.78 is 9.53. The Balaban J connectivity index is 1.46. The molecule has 0 saturated heterocycles. The third kappa shape index (κ3) is 5.10. The summed E-state index contributed by atoms with van der Waals surface area (Å²) in [6.45, 7) is 3.00. The fourth-order valence-corrected chi connectivity index (χ4v) is 5.90. The number of rotatable bonds is 9. The highest BCUT2D eigenvalue weighted by molar-refractivity contribution is 8.02. The number of benzene rings is 2. The van der Waals surface area contributed by atoms with E-state index in [4.69, 9.17) is 9.84 Å². The van der Waals surface area contributed by atoms with E-state index in [2.05, 4.69) is 37.0 Å². The summed E-state index contributed by atoms with van der Waals surface area (Å²) in [7, 11) is 0. The number of H-pyrrole nitrogens is 1. The quantitative estimate of drug-likeness (QED) is 0.292. The molecule has 0 unspecified atom stereocenters. The highest BCUT2D eigenvalue weighted by Crippen LogP contribution is 2.42. The zero-order valence-corrected chi connectivity index (χ0v) is 20.3. The lowest BCUT2D eigenvalue weighted by Gasteiger charge is -2.25. The SMILES string of the molecule is Cc1csc(SN(Cc2cn[nH]c2)c2cc3c(cc2OCc2ccc(C(=O)O)cc2)CCC3)n1. The van der Waals surface area contributed by atoms with Gasteiger partial charge < -0.3 is 14.1 Å². The number of ether oxygens (including phenoxy) is 1. The maximum Gasteiger partial charge on any atom is 0.335 e. The molecule has 174 valence electrons. The molecular formula is C25H24N4O3S2. The number of carboxylic acid groups (broad SMARTS) is 1. The van der Waals surface area contributed by atoms with Crippen LogP contribution in [-0.2, 0) is 26.0 Å². The molecule has 9 heteroatoms. The lowest BCUT2D eigenvalue weighted by Crippen LogP contribution is -2.15. The highest BCUT2D eigenvalue weighted by Gasteiger charge is 2.22. The van der Waals surface area contributed by atoms with Gasteiger partial charge in [0.15, 0.2) is 4.34 Å². The zero-order valence-electron chi connectivity index (χ0n) is 18.7. The first-order chi connectivity index (χ1) is 16.5. The van der Waals surface area contributed by atoms with Gasteiger partial charge in [-0.1, -0.05) is 12.1 Å². The monoisotopic (exact) mass is 492 g/mol. The fraction of sp³-hybridized carbons (Fsp3) is 0.240. The van der Waals surface area contributed by atoms with Crippen LogP contribution in [0, 0.1) is 6.92 Å². The molecule has 5 rings (SSSR count). The average molecular weight is 493 g/mol. The number of carbonyl (C=O) groups is 1. The summed E-state index contributed by atoms with van der Waals surface area (Å²) >= 11 is 3.23. The van der Waals surface area contributed by atoms with Gasteiger partial charge in [-0.3, -0.25) is 5.10 Å². The predicted octanol–water partition coefficient (Wildman–Crippen LogP) is 5.65. The Kier molecular flexibility index (Phi) is 6.55. The number of fused-ring (bicyclic) bond motifs is 1. The van der Waals surface area contributed by atoms with Crippen LogP contribution in [-0.4, -0.2) is 26.3 Å². The minimum atomic E-state index is -0.933. The van der Waals surface area contributed by atoms with Crippen LogP contribution in [0.1, 0.15) is 44.7 Å². The van der Waals surface area contributed by atoms with Crippen LogP contribution in [0.25, 0.3) is 0 Å². The van der Waals surface area contributed by atoms with Crippen molar-refractivity contribution in [2.75, 3.05) is 4.31 Å². The van der Waals surface area contributed by atoms with E-state index >= 15 is 0 Å². The van der Waals surface area contributed by atoms with Crippen LogP contribution >= 0.6 is 23.3 Å². The standard InChI is InChI=1S/C25H24N4O3S2/c1-16-15-33-25(28-16)34-29(13-18-11-26-27-12-18)22-9-20-3-2-4-21(20)10-23(22)32-14-17-5-7-19(8-6-17)24(30)31/h5-12,15H,2-4,13-14H2,1H3,(H,26,27)(H,30,31). The van der Waals surface area contributed by atoms with Crippen molar-refractivity contribution >= 4 is 34.9 Å². The van der Waals surface area contributed by atoms with Crippen molar-refractivity contribution in [1.29, 1.82) is 0 Å². The highest BCUT2D eigenvalue weighted by atomic mass is 32.2. The van der Waals surface area contributed by atoms with Gasteiger partial charge in [0.1, 0.15) is 12.4 Å². The molecular weight excluding hydrogens is 468 g/mol. The van der Waals surface area contributed by atoms with E-state index in [1.165, 1.54) is 11.1 Å². The van der Waals surface area contributed by atoms with E-state index in [9.17, 15) is 4.79 Å². The molecule has 0 fully saturated rings. The van der Waals surface area contributed by atoms with Crippen molar-refractivity contribution in [1.82, 2.24) is 15.2 Å². The van der Waals surface area contributed by atoms with E-state index in [-0.39, 0.29) is 5.56 Å². The second-order valence-electron chi connectivity index (χ2n) is 8.22. The molecule has 0 radical (unpaired) electrons. The van der Waals surface area contributed by atoms with Gasteiger partial charge in [0, 0.05) is 34.8 Å². The van der Waals surface area contributed by atoms with Crippen LogP contribution in [0.2, 0.25) is 0 Å². The molecule has 0 saturated carbocycles. The number of nitrogens with zero attached hydrogens (tertiary/aromatic N) is 3. The summed E-state index contributed by atoms with van der Waals surface area (Å²) in [5, 5.41) is 18.2. The topological polar surface area (TPSA) is 91.3 Å². The molecule has 4 aromatic rings. The van der Waals surface area contributed by atoms with Gasteiger partial charge in [0.05, 0.1) is 24.0 Å². The van der Waals surface area contributed by atoms with E-state index in [0.717, 1.165) is 51.9 Å². The number of aryl methyl sites for hydroxylation is 3. The fourth-order valence-electron chi connectivity index (χ4n) is 3.97. The number of nitrogens with one attached hydrogen (secondary N) is 1. The number of aromatic amines is 1. The van der Waals surface area contributed by atoms with Gasteiger partial charge in [-0.2, -0.15) is 5.10 Å². The van der Waals surface area contributed by atoms with E-state index in [1.807, 2.05) is 19.3 Å². The van der Waals surface area contributed by atoms with Gasteiger partial charge in [-0.05, 0) is 67.1 Å². The minimum absolute atomic E-state index is 0.267. The molecule has 2 aromatic heterocycles. The van der Waals surface area contributed by atoms with Gasteiger partial charge in [0.25, 0.3) is 0 Å². The average Bonchev–Trinajstić information content (AvgIpc) is 3.59. The third-order valence-corrected chi connectivity index (χ3v) is 7.76. The first-order valence-electron chi connectivity index (χ1n) is 11.0. The molecule has 1 aliphatic carbocycles. The summed E-state index contributed by atoms with van der Waals surface area (Å²) in [6, 6.07) is 11.2. The molecule has 0 aliphatic heterocycles. The van der Waals surface area contributed by atoms with Crippen LogP contribution < -0.4 is 9.04 Å². The van der Waals surface area contributed by atoms with E-state index in [1.54, 1.807) is 47.6 Å². The van der Waals surface area contributed by atoms with Crippen LogP contribution in [0.15, 0.2) is 58.5 Å². The molecule has 1 aliphatic rings. The molecule has 2 heterocycles. The van der Waals surface area contributed by atoms with Crippen molar-refractivity contribution in [3.05, 3.63) is 87.7 Å². The van der Waals surface area contributed by atoms with Crippen molar-refractivity contribution < 1.29 is 14.6 Å². The Morgan fingerprint density at radius 3 is 2.68 bits per heavy atom. The molecule has 0 atom stereocenters. The molecule has 0 bridgehead atoms. The van der Waals surface area contributed by atoms with Gasteiger partial charge >= 0.3 is 5.97 Å². The maximum absolute atomic E-state index is 11.2. The molecule has 2 aromatic carbocycles. The molecule has 7 nitrogen and oxygen atoms in total. The second kappa shape index (κ2) is 9.90. The van der Waals surface area contributed by atoms with Gasteiger partial charge in [0.2, 0.25) is 0 Å². The lowest BCUT2D eigenvalue weighted by molar-refractivity contribution is 0.0697. The van der Waals surface area contributed by atoms with E-state index < -0.39 is 5.97 Å². The Morgan fingerprint density at radius 2 is 2.00 bits per heavy atom. The molecule has 34 heavy (non-hydrogen) atoms. The Hall–Kier alpha value is -3.30. The van der Waals surface area contributed by atoms with Crippen molar-refractivity contribution in [3.8, 4) is 5.75 Å². The summed E-state index contributed by atoms with van der Waals surface area (Å²) in [6.07, 6.45) is 7.01. The van der Waals surface area contributed by atoms with Crippen molar-refractivity contribution in [3.63, 3.8) is 0 Å². The Morgan fingerprint density at radius 1 is 1.21 bits per heavy atom. The second-order valence-corrected chi connectivity index (χ2v) is 10.3. The number of carboxylic acids is 1. The van der Waals surface area contributed by atoms with Crippen molar-refractivity contribution in [2.24, 2.45) is 0 Å². The van der Waals surface area contributed by atoms with Gasteiger partial charge in [-0.15, -0.1) is 11.3 Å². The number of thiazole rings is 1. The molecule has 0 spiro atoms. The summed E-state index contributed by atoms with van der Waals surface area (Å²) in [5.41, 5.74) is 6.95. The number of aromatic carboxylic acids is 1. The minimum Gasteiger partial charge on any atom is -0.487 e. The number of hydrogen-bond donors (Lipinski definition) is 2. The lowest BCUT2D eigenvalue weighted by atomic mass is 10.1. The van der Waals surface area contributed by atoms with E-state index in [0.29, 0.717) is 13.2 Å². The number of aromatic nitrogens is 3. The third-order valence-electron chi connectivity index (χ3n) is 5.70. The number of hydrogen-bond acceptors (Lipinski definition) is 7. The first-order valence-corrected chi connectivity index (χ1v) is 12.7. The maximum atomic E-state index is 11.2. The molecule has 0 amide bonds. The molecule has 2 N–H and O–H groups in total. The summed E-state index contributed by atoms with van der Waals surface area (Å²) in [5.74, 6) is -0.120. The smallest absolute Gasteiger partial charge is 0.335 e. The van der Waals surface area contributed by atoms with Crippen LogP contribution in [0.3, 0.4) is 0 Å². The van der Waals surface area contributed by atoms with Crippen LogP contribution in [0.5, 0.6) is 5.75 Å². The Bertz CT molecular complexity index is 1290. The zero-order chi connectivity index (χ0) is 23.5. The van der Waals surface area contributed by atoms with Crippen LogP contribution in [0.4, 0.5) is 5.69 Å². The predicted molar refractivity (Wildman–Crippen MR) is 134 cm³/mol. The van der Waals surface area contributed by atoms with Gasteiger partial charge in [-0.25, -0.2) is 9.78 Å². The largest absolute Gasteiger partial charge is 0.487 e. The normalized spacial score (nSPS) is 12.5. The number of anilines is 1.